The molecule has 1 unspecified atom stereocenters. The van der Waals surface area contributed by atoms with E-state index in [-0.39, 0.29) is 36.2 Å². The van der Waals surface area contributed by atoms with E-state index < -0.39 is 0 Å². The molecule has 0 bridgehead atoms. The molecule has 9 heteroatoms. The van der Waals surface area contributed by atoms with Crippen molar-refractivity contribution in [1.29, 1.82) is 0 Å². The zero-order chi connectivity index (χ0) is 22.9. The monoisotopic (exact) mass is 449 g/mol. The number of benzene rings is 1. The van der Waals surface area contributed by atoms with Crippen molar-refractivity contribution in [2.24, 2.45) is 4.99 Å². The van der Waals surface area contributed by atoms with Crippen LogP contribution in [0.2, 0.25) is 0 Å². The normalized spacial score (nSPS) is 20.2. The summed E-state index contributed by atoms with van der Waals surface area (Å²) < 4.78 is 24.6. The fourth-order valence-electron chi connectivity index (χ4n) is 3.95. The predicted molar refractivity (Wildman–Crippen MR) is 122 cm³/mol. The number of piperidine rings is 1. The number of nitrogens with one attached hydrogen (secondary N) is 2. The number of carbonyl (C=O) groups is 1. The van der Waals surface area contributed by atoms with Gasteiger partial charge < -0.3 is 25.0 Å². The molecule has 0 aromatic heterocycles. The highest BCUT2D eigenvalue weighted by atomic mass is 19.1. The van der Waals surface area contributed by atoms with E-state index in [1.165, 1.54) is 7.11 Å². The van der Waals surface area contributed by atoms with Gasteiger partial charge in [-0.05, 0) is 43.4 Å². The average molecular weight is 450 g/mol. The smallest absolute Gasteiger partial charge is 0.243 e. The fraction of sp³-hybridized carbons (Fsp3) is 0.652. The maximum atomic E-state index is 14.0. The Kier molecular flexibility index (Phi) is 9.11. The van der Waals surface area contributed by atoms with E-state index >= 15 is 0 Å². The number of carbonyl (C=O) groups excluding carboxylic acids is 1. The highest BCUT2D eigenvalue weighted by Crippen LogP contribution is 2.20. The summed E-state index contributed by atoms with van der Waals surface area (Å²) in [4.78, 5) is 20.3. The minimum Gasteiger partial charge on any atom is -0.494 e. The lowest BCUT2D eigenvalue weighted by Gasteiger charge is -2.33. The number of hydrogen-bond donors (Lipinski definition) is 2. The molecular weight excluding hydrogens is 413 g/mol. The Morgan fingerprint density at radius 3 is 2.72 bits per heavy atom. The van der Waals surface area contributed by atoms with Crippen molar-refractivity contribution in [3.8, 4) is 5.75 Å². The highest BCUT2D eigenvalue weighted by molar-refractivity contribution is 5.85. The van der Waals surface area contributed by atoms with Crippen molar-refractivity contribution in [3.63, 3.8) is 0 Å². The van der Waals surface area contributed by atoms with Gasteiger partial charge in [0.05, 0.1) is 13.2 Å². The SMILES string of the molecule is COc1ccc(CN2CCC(NC(=NCC(=O)N(C)C)NCC3CCCO3)CC2)cc1F. The van der Waals surface area contributed by atoms with Crippen LogP contribution in [0.4, 0.5) is 4.39 Å². The summed E-state index contributed by atoms with van der Waals surface area (Å²) in [5, 5.41) is 6.84. The van der Waals surface area contributed by atoms with Gasteiger partial charge in [-0.25, -0.2) is 9.38 Å². The lowest BCUT2D eigenvalue weighted by Crippen LogP contribution is -2.50. The molecule has 0 saturated carbocycles. The number of amides is 1. The van der Waals surface area contributed by atoms with Crippen molar-refractivity contribution in [3.05, 3.63) is 29.6 Å². The Labute approximate surface area is 190 Å². The van der Waals surface area contributed by atoms with Crippen LogP contribution in [0.5, 0.6) is 5.75 Å². The first-order valence-electron chi connectivity index (χ1n) is 11.4. The van der Waals surface area contributed by atoms with Crippen molar-refractivity contribution < 1.29 is 18.7 Å². The molecule has 1 atom stereocenters. The summed E-state index contributed by atoms with van der Waals surface area (Å²) in [6, 6.07) is 5.40. The largest absolute Gasteiger partial charge is 0.494 e. The molecule has 2 aliphatic heterocycles. The topological polar surface area (TPSA) is 78.4 Å². The summed E-state index contributed by atoms with van der Waals surface area (Å²) >= 11 is 0. The minimum atomic E-state index is -0.327. The molecule has 2 saturated heterocycles. The number of likely N-dealkylation sites (tertiary alicyclic amines) is 1. The van der Waals surface area contributed by atoms with E-state index in [0.717, 1.165) is 50.9 Å². The highest BCUT2D eigenvalue weighted by Gasteiger charge is 2.22. The molecule has 2 heterocycles. The van der Waals surface area contributed by atoms with Gasteiger partial charge in [0.2, 0.25) is 5.91 Å². The van der Waals surface area contributed by atoms with E-state index in [1.807, 2.05) is 6.07 Å². The Hall–Kier alpha value is -2.39. The number of aliphatic imine (C=N–C) groups is 1. The zero-order valence-corrected chi connectivity index (χ0v) is 19.4. The van der Waals surface area contributed by atoms with Gasteiger partial charge >= 0.3 is 0 Å². The summed E-state index contributed by atoms with van der Waals surface area (Å²) in [7, 11) is 4.93. The lowest BCUT2D eigenvalue weighted by molar-refractivity contribution is -0.127. The molecule has 0 aliphatic carbocycles. The molecule has 0 radical (unpaired) electrons. The maximum absolute atomic E-state index is 14.0. The third kappa shape index (κ3) is 7.34. The molecule has 3 rings (SSSR count). The Morgan fingerprint density at radius 2 is 2.09 bits per heavy atom. The summed E-state index contributed by atoms with van der Waals surface area (Å²) in [5.74, 6) is 0.565. The van der Waals surface area contributed by atoms with Crippen LogP contribution in [0, 0.1) is 5.82 Å². The molecule has 0 spiro atoms. The average Bonchev–Trinajstić information content (AvgIpc) is 3.30. The molecule has 2 aliphatic rings. The van der Waals surface area contributed by atoms with Crippen LogP contribution in [0.25, 0.3) is 0 Å². The molecule has 1 aromatic carbocycles. The molecule has 1 aromatic rings. The third-order valence-electron chi connectivity index (χ3n) is 5.94. The number of rotatable bonds is 8. The van der Waals surface area contributed by atoms with Crippen molar-refractivity contribution in [2.45, 2.75) is 44.4 Å². The van der Waals surface area contributed by atoms with Crippen LogP contribution in [-0.4, -0.2) is 87.8 Å². The van der Waals surface area contributed by atoms with Crippen molar-refractivity contribution >= 4 is 11.9 Å². The molecule has 32 heavy (non-hydrogen) atoms. The number of likely N-dealkylation sites (N-methyl/N-ethyl adjacent to an activating group) is 1. The number of guanidine groups is 1. The first kappa shape index (κ1) is 24.3. The van der Waals surface area contributed by atoms with E-state index in [1.54, 1.807) is 31.1 Å². The van der Waals surface area contributed by atoms with Crippen LogP contribution in [0.3, 0.4) is 0 Å². The Balaban J connectivity index is 1.50. The number of hydrogen-bond acceptors (Lipinski definition) is 5. The number of halogens is 1. The molecule has 2 fully saturated rings. The number of nitrogens with zero attached hydrogens (tertiary/aromatic N) is 3. The minimum absolute atomic E-state index is 0.0373. The second kappa shape index (κ2) is 12.0. The Bertz CT molecular complexity index is 775. The van der Waals surface area contributed by atoms with E-state index in [4.69, 9.17) is 9.47 Å². The van der Waals surface area contributed by atoms with Gasteiger partial charge in [0.25, 0.3) is 0 Å². The standard InChI is InChI=1S/C23H36FN5O3/c1-28(2)22(30)15-26-23(25-14-19-5-4-12-32-19)27-18-8-10-29(11-9-18)16-17-6-7-21(31-3)20(24)13-17/h6-7,13,18-19H,4-5,8-12,14-16H2,1-3H3,(H2,25,26,27). The first-order valence-corrected chi connectivity index (χ1v) is 11.4. The molecular formula is C23H36FN5O3. The van der Waals surface area contributed by atoms with E-state index in [0.29, 0.717) is 19.0 Å². The quantitative estimate of drug-likeness (QED) is 0.464. The van der Waals surface area contributed by atoms with Crippen LogP contribution in [0.1, 0.15) is 31.2 Å². The van der Waals surface area contributed by atoms with Gasteiger partial charge in [-0.3, -0.25) is 9.69 Å². The number of ether oxygens (including phenoxy) is 2. The Morgan fingerprint density at radius 1 is 1.31 bits per heavy atom. The van der Waals surface area contributed by atoms with Crippen LogP contribution in [-0.2, 0) is 16.1 Å². The summed E-state index contributed by atoms with van der Waals surface area (Å²) in [6.07, 6.45) is 4.21. The van der Waals surface area contributed by atoms with Gasteiger partial charge in [0.15, 0.2) is 17.5 Å². The fourth-order valence-corrected chi connectivity index (χ4v) is 3.95. The molecule has 178 valence electrons. The zero-order valence-electron chi connectivity index (χ0n) is 19.4. The summed E-state index contributed by atoms with van der Waals surface area (Å²) in [6.45, 7) is 4.12. The third-order valence-corrected chi connectivity index (χ3v) is 5.94. The predicted octanol–water partition coefficient (Wildman–Crippen LogP) is 1.60. The van der Waals surface area contributed by atoms with Crippen molar-refractivity contribution in [2.75, 3.05) is 54.0 Å². The second-order valence-electron chi connectivity index (χ2n) is 8.63. The maximum Gasteiger partial charge on any atom is 0.243 e. The van der Waals surface area contributed by atoms with Gasteiger partial charge in [0.1, 0.15) is 6.54 Å². The summed E-state index contributed by atoms with van der Waals surface area (Å²) in [5.41, 5.74) is 0.942. The molecule has 2 N–H and O–H groups in total. The van der Waals surface area contributed by atoms with E-state index in [9.17, 15) is 9.18 Å². The van der Waals surface area contributed by atoms with E-state index in [2.05, 4.69) is 20.5 Å². The van der Waals surface area contributed by atoms with Crippen molar-refractivity contribution in [1.82, 2.24) is 20.4 Å². The lowest BCUT2D eigenvalue weighted by atomic mass is 10.0. The van der Waals surface area contributed by atoms with Crippen LogP contribution >= 0.6 is 0 Å². The molecule has 8 nitrogen and oxygen atoms in total. The van der Waals surface area contributed by atoms with Gasteiger partial charge in [0, 0.05) is 52.9 Å². The molecule has 1 amide bonds. The van der Waals surface area contributed by atoms with Gasteiger partial charge in [-0.1, -0.05) is 6.07 Å². The van der Waals surface area contributed by atoms with Crippen LogP contribution < -0.4 is 15.4 Å². The first-order chi connectivity index (χ1) is 15.4. The number of methoxy groups -OCH3 is 1. The van der Waals surface area contributed by atoms with Gasteiger partial charge in [-0.15, -0.1) is 0 Å². The van der Waals surface area contributed by atoms with Crippen LogP contribution in [0.15, 0.2) is 23.2 Å². The second-order valence-corrected chi connectivity index (χ2v) is 8.63. The van der Waals surface area contributed by atoms with Gasteiger partial charge in [-0.2, -0.15) is 0 Å².